The van der Waals surface area contributed by atoms with Crippen molar-refractivity contribution in [1.82, 2.24) is 10.6 Å². The Bertz CT molecular complexity index is 527. The van der Waals surface area contributed by atoms with E-state index in [0.29, 0.717) is 22.3 Å². The van der Waals surface area contributed by atoms with Crippen LogP contribution in [0.5, 0.6) is 0 Å². The Morgan fingerprint density at radius 3 is 2.48 bits per heavy atom. The molecule has 0 aliphatic carbocycles. The molecule has 6 nitrogen and oxygen atoms in total. The molecule has 1 aromatic carbocycles. The number of nitrogens with two attached hydrogens (primary N) is 1. The number of nitrogens with one attached hydrogen (secondary N) is 2. The van der Waals surface area contributed by atoms with Gasteiger partial charge in [-0.05, 0) is 54.9 Å². The van der Waals surface area contributed by atoms with Gasteiger partial charge in [-0.25, -0.2) is 4.79 Å². The van der Waals surface area contributed by atoms with Gasteiger partial charge in [0.25, 0.3) is 5.91 Å². The summed E-state index contributed by atoms with van der Waals surface area (Å²) in [6.07, 6.45) is -0.512. The Hall–Kier alpha value is -1.76. The highest BCUT2D eigenvalue weighted by Gasteiger charge is 2.15. The van der Waals surface area contributed by atoms with E-state index in [9.17, 15) is 9.59 Å². The fourth-order valence-corrected chi connectivity index (χ4v) is 1.89. The number of nitrogen functional groups attached to an aromatic ring is 1. The summed E-state index contributed by atoms with van der Waals surface area (Å²) in [6, 6.07) is 4.99. The first-order valence-electron chi connectivity index (χ1n) is 6.49. The summed E-state index contributed by atoms with van der Waals surface area (Å²) >= 11 is 3.29. The SMILES string of the molecule is CC(C)(C)OC(=O)NCCNC(=O)c1cc(N)ccc1Br. The van der Waals surface area contributed by atoms with Gasteiger partial charge in [0.2, 0.25) is 0 Å². The van der Waals surface area contributed by atoms with E-state index in [-0.39, 0.29) is 12.5 Å². The van der Waals surface area contributed by atoms with E-state index in [2.05, 4.69) is 26.6 Å². The lowest BCUT2D eigenvalue weighted by Gasteiger charge is -2.19. The summed E-state index contributed by atoms with van der Waals surface area (Å²) in [5, 5.41) is 5.25. The number of alkyl carbamates (subject to hydrolysis) is 1. The van der Waals surface area contributed by atoms with Crippen molar-refractivity contribution < 1.29 is 14.3 Å². The third kappa shape index (κ3) is 6.48. The molecule has 0 aliphatic rings. The molecule has 7 heteroatoms. The fraction of sp³-hybridized carbons (Fsp3) is 0.429. The first-order valence-corrected chi connectivity index (χ1v) is 7.28. The summed E-state index contributed by atoms with van der Waals surface area (Å²) in [7, 11) is 0. The summed E-state index contributed by atoms with van der Waals surface area (Å²) in [5.41, 5.74) is 6.06. The molecule has 2 amide bonds. The van der Waals surface area contributed by atoms with Crippen LogP contribution >= 0.6 is 15.9 Å². The molecule has 0 saturated heterocycles. The zero-order valence-corrected chi connectivity index (χ0v) is 13.9. The predicted molar refractivity (Wildman–Crippen MR) is 85.1 cm³/mol. The van der Waals surface area contributed by atoms with E-state index >= 15 is 0 Å². The average molecular weight is 358 g/mol. The van der Waals surface area contributed by atoms with Crippen molar-refractivity contribution in [2.24, 2.45) is 0 Å². The number of hydrogen-bond donors (Lipinski definition) is 3. The summed E-state index contributed by atoms with van der Waals surface area (Å²) in [5.74, 6) is -0.264. The van der Waals surface area contributed by atoms with Crippen molar-refractivity contribution in [3.63, 3.8) is 0 Å². The Morgan fingerprint density at radius 1 is 1.24 bits per heavy atom. The highest BCUT2D eigenvalue weighted by atomic mass is 79.9. The third-order valence-electron chi connectivity index (χ3n) is 2.31. The Labute approximate surface area is 132 Å². The lowest BCUT2D eigenvalue weighted by Crippen LogP contribution is -2.37. The second-order valence-electron chi connectivity index (χ2n) is 5.42. The molecule has 0 bridgehead atoms. The third-order valence-corrected chi connectivity index (χ3v) is 3.01. The first-order chi connectivity index (χ1) is 9.69. The maximum absolute atomic E-state index is 12.0. The topological polar surface area (TPSA) is 93.5 Å². The number of anilines is 1. The van der Waals surface area contributed by atoms with Crippen LogP contribution < -0.4 is 16.4 Å². The van der Waals surface area contributed by atoms with Crippen LogP contribution in [0.1, 0.15) is 31.1 Å². The van der Waals surface area contributed by atoms with Crippen molar-refractivity contribution in [2.75, 3.05) is 18.8 Å². The minimum absolute atomic E-state index is 0.264. The van der Waals surface area contributed by atoms with Crippen molar-refractivity contribution in [1.29, 1.82) is 0 Å². The van der Waals surface area contributed by atoms with Crippen LogP contribution in [0.3, 0.4) is 0 Å². The van der Waals surface area contributed by atoms with Gasteiger partial charge in [0.15, 0.2) is 0 Å². The monoisotopic (exact) mass is 357 g/mol. The van der Waals surface area contributed by atoms with E-state index in [1.165, 1.54) is 0 Å². The lowest BCUT2D eigenvalue weighted by molar-refractivity contribution is 0.0526. The van der Waals surface area contributed by atoms with Gasteiger partial charge < -0.3 is 21.1 Å². The van der Waals surface area contributed by atoms with Gasteiger partial charge >= 0.3 is 6.09 Å². The van der Waals surface area contributed by atoms with Crippen LogP contribution in [0.4, 0.5) is 10.5 Å². The first kappa shape index (κ1) is 17.3. The predicted octanol–water partition coefficient (Wildman–Crippen LogP) is 2.29. The standard InChI is InChI=1S/C14H20BrN3O3/c1-14(2,3)21-13(20)18-7-6-17-12(19)10-8-9(16)4-5-11(10)15/h4-5,8H,6-7,16H2,1-3H3,(H,17,19)(H,18,20). The number of ether oxygens (including phenoxy) is 1. The van der Waals surface area contributed by atoms with Crippen molar-refractivity contribution in [2.45, 2.75) is 26.4 Å². The van der Waals surface area contributed by atoms with Crippen LogP contribution in [-0.2, 0) is 4.74 Å². The van der Waals surface area contributed by atoms with Crippen LogP contribution in [-0.4, -0.2) is 30.7 Å². The number of carbonyl (C=O) groups excluding carboxylic acids is 2. The Kier molecular flexibility index (Phi) is 6.02. The number of hydrogen-bond acceptors (Lipinski definition) is 4. The lowest BCUT2D eigenvalue weighted by atomic mass is 10.2. The van der Waals surface area contributed by atoms with Gasteiger partial charge in [-0.15, -0.1) is 0 Å². The largest absolute Gasteiger partial charge is 0.444 e. The molecule has 0 spiro atoms. The second-order valence-corrected chi connectivity index (χ2v) is 6.28. The van der Waals surface area contributed by atoms with Gasteiger partial charge in [-0.3, -0.25) is 4.79 Å². The molecule has 0 unspecified atom stereocenters. The molecule has 1 aromatic rings. The average Bonchev–Trinajstić information content (AvgIpc) is 2.35. The number of halogens is 1. The molecule has 0 aromatic heterocycles. The molecule has 4 N–H and O–H groups in total. The normalized spacial score (nSPS) is 10.9. The van der Waals surface area contributed by atoms with Crippen LogP contribution in [0.25, 0.3) is 0 Å². The minimum atomic E-state index is -0.542. The van der Waals surface area contributed by atoms with Crippen molar-refractivity contribution in [3.8, 4) is 0 Å². The van der Waals surface area contributed by atoms with Gasteiger partial charge in [0, 0.05) is 23.2 Å². The number of rotatable bonds is 4. The molecule has 0 aliphatic heterocycles. The van der Waals surface area contributed by atoms with Crippen LogP contribution in [0, 0.1) is 0 Å². The molecule has 0 radical (unpaired) electrons. The Balaban J connectivity index is 2.38. The quantitative estimate of drug-likeness (QED) is 0.569. The molecule has 0 atom stereocenters. The van der Waals surface area contributed by atoms with Gasteiger partial charge in [0.05, 0.1) is 5.56 Å². The van der Waals surface area contributed by atoms with Gasteiger partial charge in [-0.1, -0.05) is 0 Å². The number of amides is 2. The molecule has 0 heterocycles. The molecule has 116 valence electrons. The summed E-state index contributed by atoms with van der Waals surface area (Å²) in [6.45, 7) is 5.92. The van der Waals surface area contributed by atoms with Crippen molar-refractivity contribution >= 4 is 33.6 Å². The van der Waals surface area contributed by atoms with Gasteiger partial charge in [0.1, 0.15) is 5.60 Å². The fourth-order valence-electron chi connectivity index (χ4n) is 1.47. The Morgan fingerprint density at radius 2 is 1.86 bits per heavy atom. The maximum atomic E-state index is 12.0. The smallest absolute Gasteiger partial charge is 0.407 e. The van der Waals surface area contributed by atoms with E-state index in [1.54, 1.807) is 39.0 Å². The van der Waals surface area contributed by atoms with E-state index in [4.69, 9.17) is 10.5 Å². The summed E-state index contributed by atoms with van der Waals surface area (Å²) < 4.78 is 5.74. The molecule has 0 saturated carbocycles. The maximum Gasteiger partial charge on any atom is 0.407 e. The zero-order chi connectivity index (χ0) is 16.0. The summed E-state index contributed by atoms with van der Waals surface area (Å²) in [4.78, 5) is 23.4. The highest BCUT2D eigenvalue weighted by Crippen LogP contribution is 2.19. The number of carbonyl (C=O) groups is 2. The molecule has 21 heavy (non-hydrogen) atoms. The van der Waals surface area contributed by atoms with E-state index in [1.807, 2.05) is 0 Å². The van der Waals surface area contributed by atoms with E-state index in [0.717, 1.165) is 0 Å². The molecule has 0 fully saturated rings. The van der Waals surface area contributed by atoms with Crippen LogP contribution in [0.2, 0.25) is 0 Å². The molecular weight excluding hydrogens is 338 g/mol. The van der Waals surface area contributed by atoms with Crippen molar-refractivity contribution in [3.05, 3.63) is 28.2 Å². The molecular formula is C14H20BrN3O3. The van der Waals surface area contributed by atoms with Crippen LogP contribution in [0.15, 0.2) is 22.7 Å². The minimum Gasteiger partial charge on any atom is -0.444 e. The second kappa shape index (κ2) is 7.31. The molecule has 1 rings (SSSR count). The van der Waals surface area contributed by atoms with Gasteiger partial charge in [-0.2, -0.15) is 0 Å². The van der Waals surface area contributed by atoms with E-state index < -0.39 is 11.7 Å². The highest BCUT2D eigenvalue weighted by molar-refractivity contribution is 9.10. The zero-order valence-electron chi connectivity index (χ0n) is 12.3. The number of benzene rings is 1.